The second-order valence-electron chi connectivity index (χ2n) is 7.17. The highest BCUT2D eigenvalue weighted by Gasteiger charge is 2.17. The van der Waals surface area contributed by atoms with Gasteiger partial charge >= 0.3 is 5.97 Å². The molecule has 0 saturated carbocycles. The molecule has 0 bridgehead atoms. The van der Waals surface area contributed by atoms with E-state index < -0.39 is 5.97 Å². The predicted octanol–water partition coefficient (Wildman–Crippen LogP) is 3.96. The third-order valence-electron chi connectivity index (χ3n) is 4.94. The zero-order valence-electron chi connectivity index (χ0n) is 15.9. The van der Waals surface area contributed by atoms with Crippen LogP contribution in [0.25, 0.3) is 0 Å². The average Bonchev–Trinajstić information content (AvgIpc) is 2.68. The number of methoxy groups -OCH3 is 1. The van der Waals surface area contributed by atoms with Gasteiger partial charge in [0.2, 0.25) is 0 Å². The van der Waals surface area contributed by atoms with Crippen LogP contribution in [0.1, 0.15) is 46.0 Å². The van der Waals surface area contributed by atoms with Gasteiger partial charge < -0.3 is 10.1 Å². The van der Waals surface area contributed by atoms with Crippen LogP contribution in [-0.4, -0.2) is 37.0 Å². The van der Waals surface area contributed by atoms with Gasteiger partial charge in [0, 0.05) is 18.7 Å². The van der Waals surface area contributed by atoms with Crippen LogP contribution in [0, 0.1) is 5.92 Å². The van der Waals surface area contributed by atoms with E-state index in [9.17, 15) is 9.59 Å². The molecule has 1 saturated heterocycles. The highest BCUT2D eigenvalue weighted by Crippen LogP contribution is 2.19. The summed E-state index contributed by atoms with van der Waals surface area (Å²) in [5, 5.41) is 2.80. The molecule has 0 aromatic heterocycles. The fraction of sp³-hybridized carbons (Fsp3) is 0.364. The van der Waals surface area contributed by atoms with E-state index in [4.69, 9.17) is 4.74 Å². The maximum Gasteiger partial charge on any atom is 0.339 e. The molecule has 1 N–H and O–H groups in total. The Kier molecular flexibility index (Phi) is 6.24. The van der Waals surface area contributed by atoms with Crippen LogP contribution in [-0.2, 0) is 11.3 Å². The minimum Gasteiger partial charge on any atom is -0.465 e. The lowest BCUT2D eigenvalue weighted by molar-refractivity contribution is 0.0602. The Hall–Kier alpha value is -2.66. The first kappa shape index (κ1) is 19.1. The molecule has 1 heterocycles. The summed E-state index contributed by atoms with van der Waals surface area (Å²) in [7, 11) is 1.32. The molecule has 1 atom stereocenters. The van der Waals surface area contributed by atoms with Crippen molar-refractivity contribution in [2.75, 3.05) is 25.5 Å². The molecule has 2 aromatic rings. The smallest absolute Gasteiger partial charge is 0.339 e. The molecule has 1 fully saturated rings. The molecule has 1 unspecified atom stereocenters. The van der Waals surface area contributed by atoms with Crippen molar-refractivity contribution in [1.82, 2.24) is 4.90 Å². The number of rotatable bonds is 5. The van der Waals surface area contributed by atoms with Gasteiger partial charge in [-0.05, 0) is 55.1 Å². The first-order chi connectivity index (χ1) is 13.1. The Bertz CT molecular complexity index is 801. The van der Waals surface area contributed by atoms with Crippen molar-refractivity contribution >= 4 is 17.6 Å². The fourth-order valence-electron chi connectivity index (χ4n) is 3.52. The van der Waals surface area contributed by atoms with Crippen LogP contribution < -0.4 is 5.32 Å². The summed E-state index contributed by atoms with van der Waals surface area (Å²) < 4.78 is 4.76. The molecule has 5 nitrogen and oxygen atoms in total. The van der Waals surface area contributed by atoms with Crippen molar-refractivity contribution in [3.8, 4) is 0 Å². The number of anilines is 1. The van der Waals surface area contributed by atoms with Crippen LogP contribution in [0.2, 0.25) is 0 Å². The van der Waals surface area contributed by atoms with Crippen molar-refractivity contribution in [2.24, 2.45) is 5.92 Å². The molecule has 0 spiro atoms. The minimum absolute atomic E-state index is 0.246. The van der Waals surface area contributed by atoms with Crippen molar-refractivity contribution in [2.45, 2.75) is 26.3 Å². The maximum absolute atomic E-state index is 12.5. The SMILES string of the molecule is COC(=O)c1ccccc1NC(=O)c1ccc(CN2CCCC(C)C2)cc1. The average molecular weight is 366 g/mol. The van der Waals surface area contributed by atoms with Gasteiger partial charge in [-0.1, -0.05) is 31.2 Å². The molecule has 2 aromatic carbocycles. The summed E-state index contributed by atoms with van der Waals surface area (Å²) in [6.07, 6.45) is 2.56. The minimum atomic E-state index is -0.475. The van der Waals surface area contributed by atoms with Gasteiger partial charge in [-0.25, -0.2) is 4.79 Å². The number of nitrogens with zero attached hydrogens (tertiary/aromatic N) is 1. The zero-order valence-corrected chi connectivity index (χ0v) is 15.9. The molecule has 0 radical (unpaired) electrons. The lowest BCUT2D eigenvalue weighted by Crippen LogP contribution is -2.33. The fourth-order valence-corrected chi connectivity index (χ4v) is 3.52. The maximum atomic E-state index is 12.5. The first-order valence-corrected chi connectivity index (χ1v) is 9.37. The van der Waals surface area contributed by atoms with Crippen molar-refractivity contribution in [1.29, 1.82) is 0 Å². The lowest BCUT2D eigenvalue weighted by atomic mass is 9.99. The molecule has 142 valence electrons. The summed E-state index contributed by atoms with van der Waals surface area (Å²) in [6, 6.07) is 14.5. The van der Waals surface area contributed by atoms with E-state index >= 15 is 0 Å². The van der Waals surface area contributed by atoms with E-state index in [-0.39, 0.29) is 5.91 Å². The van der Waals surface area contributed by atoms with Crippen LogP contribution >= 0.6 is 0 Å². The number of ether oxygens (including phenoxy) is 1. The van der Waals surface area contributed by atoms with E-state index in [0.29, 0.717) is 16.8 Å². The molecule has 1 aliphatic heterocycles. The Morgan fingerprint density at radius 2 is 1.89 bits per heavy atom. The van der Waals surface area contributed by atoms with Gasteiger partial charge in [0.1, 0.15) is 0 Å². The summed E-state index contributed by atoms with van der Waals surface area (Å²) in [6.45, 7) is 5.48. The van der Waals surface area contributed by atoms with Gasteiger partial charge in [-0.15, -0.1) is 0 Å². The number of likely N-dealkylation sites (tertiary alicyclic amines) is 1. The molecule has 3 rings (SSSR count). The van der Waals surface area contributed by atoms with Crippen molar-refractivity contribution in [3.63, 3.8) is 0 Å². The zero-order chi connectivity index (χ0) is 19.2. The van der Waals surface area contributed by atoms with E-state index in [0.717, 1.165) is 25.6 Å². The number of carbonyl (C=O) groups excluding carboxylic acids is 2. The number of carbonyl (C=O) groups is 2. The molecule has 5 heteroatoms. The van der Waals surface area contributed by atoms with Crippen LogP contribution in [0.15, 0.2) is 48.5 Å². The monoisotopic (exact) mass is 366 g/mol. The number of benzene rings is 2. The Balaban J connectivity index is 1.65. The molecule has 0 aliphatic carbocycles. The third-order valence-corrected chi connectivity index (χ3v) is 4.94. The largest absolute Gasteiger partial charge is 0.465 e. The van der Waals surface area contributed by atoms with Gasteiger partial charge in [0.25, 0.3) is 5.91 Å². The lowest BCUT2D eigenvalue weighted by Gasteiger charge is -2.30. The third kappa shape index (κ3) is 4.95. The Morgan fingerprint density at radius 3 is 2.59 bits per heavy atom. The Morgan fingerprint density at radius 1 is 1.15 bits per heavy atom. The standard InChI is InChI=1S/C22H26N2O3/c1-16-6-5-13-24(14-16)15-17-9-11-18(12-10-17)21(25)23-20-8-4-3-7-19(20)22(26)27-2/h3-4,7-12,16H,5-6,13-15H2,1-2H3,(H,23,25). The second-order valence-corrected chi connectivity index (χ2v) is 7.17. The van der Waals surface area contributed by atoms with Gasteiger partial charge in [0.05, 0.1) is 18.4 Å². The highest BCUT2D eigenvalue weighted by molar-refractivity contribution is 6.07. The van der Waals surface area contributed by atoms with Crippen LogP contribution in [0.4, 0.5) is 5.69 Å². The molecular weight excluding hydrogens is 340 g/mol. The van der Waals surface area contributed by atoms with E-state index in [1.165, 1.54) is 25.5 Å². The summed E-state index contributed by atoms with van der Waals surface area (Å²) in [4.78, 5) is 26.8. The molecule has 27 heavy (non-hydrogen) atoms. The number of nitrogens with one attached hydrogen (secondary N) is 1. The normalized spacial score (nSPS) is 17.3. The Labute approximate surface area is 160 Å². The summed E-state index contributed by atoms with van der Waals surface area (Å²) >= 11 is 0. The van der Waals surface area contributed by atoms with E-state index in [1.54, 1.807) is 24.3 Å². The summed E-state index contributed by atoms with van der Waals surface area (Å²) in [5.74, 6) is 0.0279. The van der Waals surface area contributed by atoms with Gasteiger partial charge in [-0.2, -0.15) is 0 Å². The van der Waals surface area contributed by atoms with Crippen LogP contribution in [0.3, 0.4) is 0 Å². The summed E-state index contributed by atoms with van der Waals surface area (Å²) in [5.41, 5.74) is 2.55. The highest BCUT2D eigenvalue weighted by atomic mass is 16.5. The second kappa shape index (κ2) is 8.82. The quantitative estimate of drug-likeness (QED) is 0.814. The first-order valence-electron chi connectivity index (χ1n) is 9.37. The van der Waals surface area contributed by atoms with Crippen LogP contribution in [0.5, 0.6) is 0 Å². The van der Waals surface area contributed by atoms with Crippen molar-refractivity contribution in [3.05, 3.63) is 65.2 Å². The predicted molar refractivity (Wildman–Crippen MR) is 106 cm³/mol. The van der Waals surface area contributed by atoms with Crippen molar-refractivity contribution < 1.29 is 14.3 Å². The van der Waals surface area contributed by atoms with Gasteiger partial charge in [0.15, 0.2) is 0 Å². The number of piperidine rings is 1. The van der Waals surface area contributed by atoms with E-state index in [1.807, 2.05) is 24.3 Å². The number of para-hydroxylation sites is 1. The number of amides is 1. The van der Waals surface area contributed by atoms with E-state index in [2.05, 4.69) is 17.1 Å². The van der Waals surface area contributed by atoms with Gasteiger partial charge in [-0.3, -0.25) is 9.69 Å². The number of esters is 1. The molecule has 1 aliphatic rings. The molecule has 1 amide bonds. The topological polar surface area (TPSA) is 58.6 Å². The number of hydrogen-bond donors (Lipinski definition) is 1. The molecular formula is C22H26N2O3. The number of hydrogen-bond acceptors (Lipinski definition) is 4.